The van der Waals surface area contributed by atoms with Crippen molar-refractivity contribution in [3.05, 3.63) is 47.8 Å². The number of nitrogens with zero attached hydrogens (tertiary/aromatic N) is 1. The molecule has 0 spiro atoms. The van der Waals surface area contributed by atoms with E-state index in [1.807, 2.05) is 45.2 Å². The molecule has 2 aromatic rings. The minimum atomic E-state index is -3.54. The number of hydrogen-bond acceptors (Lipinski definition) is 3. The van der Waals surface area contributed by atoms with Gasteiger partial charge in [-0.1, -0.05) is 17.7 Å². The van der Waals surface area contributed by atoms with E-state index in [0.29, 0.717) is 18.8 Å². The van der Waals surface area contributed by atoms with Crippen molar-refractivity contribution in [2.45, 2.75) is 25.3 Å². The van der Waals surface area contributed by atoms with Gasteiger partial charge in [-0.2, -0.15) is 0 Å². The van der Waals surface area contributed by atoms with E-state index in [1.54, 1.807) is 12.3 Å². The number of aromatic nitrogens is 1. The van der Waals surface area contributed by atoms with Crippen LogP contribution in [0.1, 0.15) is 18.2 Å². The van der Waals surface area contributed by atoms with Gasteiger partial charge in [0, 0.05) is 25.0 Å². The van der Waals surface area contributed by atoms with Crippen molar-refractivity contribution in [2.24, 2.45) is 0 Å². The molecule has 2 N–H and O–H groups in total. The highest BCUT2D eigenvalue weighted by atomic mass is 32.2. The van der Waals surface area contributed by atoms with E-state index in [0.717, 1.165) is 11.3 Å². The average molecular weight is 307 g/mol. The van der Waals surface area contributed by atoms with Gasteiger partial charge in [0.05, 0.1) is 5.69 Å². The van der Waals surface area contributed by atoms with Gasteiger partial charge >= 0.3 is 0 Å². The minimum absolute atomic E-state index is 0.287. The van der Waals surface area contributed by atoms with E-state index in [4.69, 9.17) is 0 Å². The Morgan fingerprint density at radius 3 is 2.48 bits per heavy atom. The molecule has 1 aromatic carbocycles. The fourth-order valence-corrected chi connectivity index (χ4v) is 3.68. The molecular weight excluding hydrogens is 286 g/mol. The summed E-state index contributed by atoms with van der Waals surface area (Å²) >= 11 is 0. The lowest BCUT2D eigenvalue weighted by molar-refractivity contribution is 0.592. The summed E-state index contributed by atoms with van der Waals surface area (Å²) in [6, 6.07) is 9.16. The molecule has 0 atom stereocenters. The summed E-state index contributed by atoms with van der Waals surface area (Å²) in [5.74, 6) is 0. The molecule has 0 saturated carbocycles. The van der Waals surface area contributed by atoms with Crippen molar-refractivity contribution in [1.29, 1.82) is 0 Å². The van der Waals surface area contributed by atoms with Crippen LogP contribution in [-0.2, 0) is 16.6 Å². The number of benzene rings is 1. The Hall–Kier alpha value is -1.79. The molecular formula is C15H21N3O2S. The summed E-state index contributed by atoms with van der Waals surface area (Å²) in [5.41, 5.74) is 2.63. The number of H-pyrrole nitrogens is 1. The van der Waals surface area contributed by atoms with Gasteiger partial charge in [0.15, 0.2) is 0 Å². The van der Waals surface area contributed by atoms with Gasteiger partial charge in [-0.3, -0.25) is 4.31 Å². The Labute approximate surface area is 126 Å². The third-order valence-electron chi connectivity index (χ3n) is 3.28. The molecule has 0 saturated heterocycles. The molecule has 0 fully saturated rings. The van der Waals surface area contributed by atoms with Gasteiger partial charge in [0.25, 0.3) is 10.0 Å². The molecule has 0 aliphatic carbocycles. The Morgan fingerprint density at radius 2 is 1.90 bits per heavy atom. The number of anilines is 1. The maximum atomic E-state index is 12.8. The van der Waals surface area contributed by atoms with Crippen LogP contribution in [0.5, 0.6) is 0 Å². The maximum absolute atomic E-state index is 12.8. The second kappa shape index (κ2) is 6.32. The molecule has 6 heteroatoms. The SMILES string of the molecule is CCN(c1ccc(C)cc1)S(=O)(=O)c1c[nH]c(CNC)c1. The van der Waals surface area contributed by atoms with E-state index in [1.165, 1.54) is 4.31 Å². The fourth-order valence-electron chi connectivity index (χ4n) is 2.19. The first-order valence-electron chi connectivity index (χ1n) is 6.90. The highest BCUT2D eigenvalue weighted by molar-refractivity contribution is 7.92. The van der Waals surface area contributed by atoms with Crippen molar-refractivity contribution in [3.63, 3.8) is 0 Å². The summed E-state index contributed by atoms with van der Waals surface area (Å²) < 4.78 is 26.9. The number of hydrogen-bond donors (Lipinski definition) is 2. The molecule has 1 aromatic heterocycles. The van der Waals surface area contributed by atoms with E-state index < -0.39 is 10.0 Å². The average Bonchev–Trinajstić information content (AvgIpc) is 2.91. The van der Waals surface area contributed by atoms with Crippen LogP contribution in [-0.4, -0.2) is 27.0 Å². The van der Waals surface area contributed by atoms with E-state index in [2.05, 4.69) is 10.3 Å². The van der Waals surface area contributed by atoms with E-state index in [9.17, 15) is 8.42 Å². The summed E-state index contributed by atoms with van der Waals surface area (Å²) in [6.45, 7) is 4.80. The van der Waals surface area contributed by atoms with Crippen LogP contribution >= 0.6 is 0 Å². The molecule has 21 heavy (non-hydrogen) atoms. The van der Waals surface area contributed by atoms with Crippen molar-refractivity contribution >= 4 is 15.7 Å². The lowest BCUT2D eigenvalue weighted by Crippen LogP contribution is -2.30. The van der Waals surface area contributed by atoms with E-state index >= 15 is 0 Å². The number of aromatic amines is 1. The number of rotatable bonds is 6. The Kier molecular flexibility index (Phi) is 4.69. The molecule has 0 radical (unpaired) electrons. The zero-order chi connectivity index (χ0) is 15.5. The summed E-state index contributed by atoms with van der Waals surface area (Å²) in [6.07, 6.45) is 1.54. The quantitative estimate of drug-likeness (QED) is 0.860. The summed E-state index contributed by atoms with van der Waals surface area (Å²) in [4.78, 5) is 3.27. The second-order valence-corrected chi connectivity index (χ2v) is 6.76. The molecule has 1 heterocycles. The number of nitrogens with one attached hydrogen (secondary N) is 2. The highest BCUT2D eigenvalue weighted by Gasteiger charge is 2.24. The fraction of sp³-hybridized carbons (Fsp3) is 0.333. The largest absolute Gasteiger partial charge is 0.363 e. The lowest BCUT2D eigenvalue weighted by atomic mass is 10.2. The van der Waals surface area contributed by atoms with Crippen molar-refractivity contribution in [3.8, 4) is 0 Å². The van der Waals surface area contributed by atoms with Crippen LogP contribution in [0, 0.1) is 6.92 Å². The van der Waals surface area contributed by atoms with Crippen LogP contribution in [0.4, 0.5) is 5.69 Å². The zero-order valence-corrected chi connectivity index (χ0v) is 13.4. The maximum Gasteiger partial charge on any atom is 0.265 e. The topological polar surface area (TPSA) is 65.2 Å². The predicted molar refractivity (Wildman–Crippen MR) is 84.9 cm³/mol. The number of aryl methyl sites for hydroxylation is 1. The van der Waals surface area contributed by atoms with Gasteiger partial charge in [0.2, 0.25) is 0 Å². The van der Waals surface area contributed by atoms with Gasteiger partial charge in [-0.05, 0) is 39.1 Å². The number of sulfonamides is 1. The van der Waals surface area contributed by atoms with E-state index in [-0.39, 0.29) is 4.90 Å². The second-order valence-electron chi connectivity index (χ2n) is 4.90. The molecule has 114 valence electrons. The van der Waals surface area contributed by atoms with Gasteiger partial charge in [-0.15, -0.1) is 0 Å². The van der Waals surface area contributed by atoms with Crippen LogP contribution < -0.4 is 9.62 Å². The van der Waals surface area contributed by atoms with Gasteiger partial charge in [-0.25, -0.2) is 8.42 Å². The van der Waals surface area contributed by atoms with Gasteiger partial charge in [0.1, 0.15) is 4.90 Å². The highest BCUT2D eigenvalue weighted by Crippen LogP contribution is 2.24. The Morgan fingerprint density at radius 1 is 1.24 bits per heavy atom. The molecule has 0 unspecified atom stereocenters. The van der Waals surface area contributed by atoms with Crippen molar-refractivity contribution in [1.82, 2.24) is 10.3 Å². The predicted octanol–water partition coefficient (Wildman–Crippen LogP) is 2.26. The van der Waals surface area contributed by atoms with Crippen molar-refractivity contribution < 1.29 is 8.42 Å². The van der Waals surface area contributed by atoms with Crippen molar-refractivity contribution in [2.75, 3.05) is 17.9 Å². The molecule has 5 nitrogen and oxygen atoms in total. The monoisotopic (exact) mass is 307 g/mol. The lowest BCUT2D eigenvalue weighted by Gasteiger charge is -2.22. The first kappa shape index (κ1) is 15.6. The zero-order valence-electron chi connectivity index (χ0n) is 12.6. The van der Waals surface area contributed by atoms with Crippen LogP contribution in [0.25, 0.3) is 0 Å². The first-order chi connectivity index (χ1) is 9.98. The van der Waals surface area contributed by atoms with Crippen LogP contribution in [0.3, 0.4) is 0 Å². The third-order valence-corrected chi connectivity index (χ3v) is 5.16. The first-order valence-corrected chi connectivity index (χ1v) is 8.34. The summed E-state index contributed by atoms with van der Waals surface area (Å²) in [5, 5.41) is 2.99. The summed E-state index contributed by atoms with van der Waals surface area (Å²) in [7, 11) is -1.72. The Balaban J connectivity index is 2.36. The molecule has 0 bridgehead atoms. The molecule has 0 aliphatic rings. The molecule has 0 aliphatic heterocycles. The van der Waals surface area contributed by atoms with Crippen LogP contribution in [0.2, 0.25) is 0 Å². The Bertz CT molecular complexity index is 690. The smallest absolute Gasteiger partial charge is 0.265 e. The van der Waals surface area contributed by atoms with Crippen LogP contribution in [0.15, 0.2) is 41.4 Å². The third kappa shape index (κ3) is 3.28. The minimum Gasteiger partial charge on any atom is -0.363 e. The normalized spacial score (nSPS) is 11.6. The molecule has 0 amide bonds. The standard InChI is InChI=1S/C15H21N3O2S/c1-4-18(14-7-5-12(2)6-8-14)21(19,20)15-9-13(10-16-3)17-11-15/h5-9,11,16-17H,4,10H2,1-3H3. The molecule has 2 rings (SSSR count). The van der Waals surface area contributed by atoms with Gasteiger partial charge < -0.3 is 10.3 Å².